The number of rotatable bonds is 5. The van der Waals surface area contributed by atoms with Crippen LogP contribution in [0.3, 0.4) is 0 Å². The van der Waals surface area contributed by atoms with Crippen LogP contribution in [-0.4, -0.2) is 30.6 Å². The highest BCUT2D eigenvalue weighted by Gasteiger charge is 2.39. The van der Waals surface area contributed by atoms with Gasteiger partial charge >= 0.3 is 0 Å². The van der Waals surface area contributed by atoms with Gasteiger partial charge in [0.2, 0.25) is 0 Å². The molecule has 1 fully saturated rings. The Kier molecular flexibility index (Phi) is 4.88. The van der Waals surface area contributed by atoms with Gasteiger partial charge < -0.3 is 5.32 Å². The normalized spacial score (nSPS) is 21.3. The number of likely N-dealkylation sites (N-methyl/N-ethyl adjacent to an activating group) is 1. The Morgan fingerprint density at radius 1 is 1.26 bits per heavy atom. The summed E-state index contributed by atoms with van der Waals surface area (Å²) in [6.45, 7) is 7.11. The summed E-state index contributed by atoms with van der Waals surface area (Å²) in [7, 11) is 2.06. The monoisotopic (exact) mass is 280 g/mol. The molecular weight excluding hydrogens is 256 g/mol. The van der Waals surface area contributed by atoms with Gasteiger partial charge in [0.25, 0.3) is 0 Å². The fourth-order valence-electron chi connectivity index (χ4n) is 3.33. The molecule has 3 heteroatoms. The maximum Gasteiger partial charge on any atom is 0.0501 e. The van der Waals surface area contributed by atoms with E-state index in [-0.39, 0.29) is 5.54 Å². The molecule has 1 heterocycles. The average Bonchev–Trinajstić information content (AvgIpc) is 2.96. The number of halogens is 1. The number of nitrogens with zero attached hydrogens (tertiary/aromatic N) is 1. The molecule has 0 spiro atoms. The van der Waals surface area contributed by atoms with Crippen molar-refractivity contribution in [3.63, 3.8) is 0 Å². The highest BCUT2D eigenvalue weighted by Crippen LogP contribution is 2.36. The van der Waals surface area contributed by atoms with E-state index in [1.54, 1.807) is 0 Å². The summed E-state index contributed by atoms with van der Waals surface area (Å²) in [6, 6.07) is 8.61. The molecule has 2 atom stereocenters. The zero-order valence-corrected chi connectivity index (χ0v) is 13.0. The maximum absolute atomic E-state index is 6.00. The average molecular weight is 281 g/mol. The molecule has 1 aliphatic heterocycles. The molecule has 0 aromatic heterocycles. The van der Waals surface area contributed by atoms with Crippen LogP contribution in [0.15, 0.2) is 24.3 Å². The van der Waals surface area contributed by atoms with Crippen LogP contribution in [0.5, 0.6) is 0 Å². The molecule has 1 aliphatic rings. The number of nitrogens with one attached hydrogen (secondary N) is 1. The van der Waals surface area contributed by atoms with Crippen molar-refractivity contribution in [2.75, 3.05) is 20.1 Å². The van der Waals surface area contributed by atoms with Gasteiger partial charge in [0.05, 0.1) is 6.04 Å². The van der Waals surface area contributed by atoms with Crippen molar-refractivity contribution in [3.05, 3.63) is 34.9 Å². The molecule has 0 bridgehead atoms. The Balaban J connectivity index is 2.29. The van der Waals surface area contributed by atoms with Gasteiger partial charge in [-0.05, 0) is 64.0 Å². The Morgan fingerprint density at radius 2 is 1.84 bits per heavy atom. The second kappa shape index (κ2) is 6.25. The van der Waals surface area contributed by atoms with E-state index < -0.39 is 0 Å². The summed E-state index contributed by atoms with van der Waals surface area (Å²) in [5, 5.41) is 4.33. The molecule has 2 unspecified atom stereocenters. The van der Waals surface area contributed by atoms with E-state index in [0.717, 1.165) is 11.4 Å². The van der Waals surface area contributed by atoms with Gasteiger partial charge in [-0.2, -0.15) is 0 Å². The lowest BCUT2D eigenvalue weighted by Crippen LogP contribution is -2.52. The molecule has 2 rings (SSSR count). The maximum atomic E-state index is 6.00. The number of likely N-dealkylation sites (tertiary alicyclic amines) is 1. The zero-order valence-electron chi connectivity index (χ0n) is 12.2. The second-order valence-electron chi connectivity index (χ2n) is 5.68. The van der Waals surface area contributed by atoms with E-state index in [1.807, 2.05) is 12.1 Å². The van der Waals surface area contributed by atoms with E-state index in [2.05, 4.69) is 43.2 Å². The Morgan fingerprint density at radius 3 is 2.32 bits per heavy atom. The van der Waals surface area contributed by atoms with E-state index in [9.17, 15) is 0 Å². The van der Waals surface area contributed by atoms with Crippen LogP contribution in [0.2, 0.25) is 5.02 Å². The Hall–Kier alpha value is -0.570. The Bertz CT molecular complexity index is 398. The lowest BCUT2D eigenvalue weighted by Gasteiger charge is -2.44. The third-order valence-electron chi connectivity index (χ3n) is 4.66. The van der Waals surface area contributed by atoms with Crippen LogP contribution in [0.25, 0.3) is 0 Å². The SMILES string of the molecule is CCC(C)(C(NC)c1ccc(Cl)cc1)N1CCCC1. The summed E-state index contributed by atoms with van der Waals surface area (Å²) in [5.74, 6) is 0. The van der Waals surface area contributed by atoms with Crippen molar-refractivity contribution >= 4 is 11.6 Å². The molecule has 0 aliphatic carbocycles. The highest BCUT2D eigenvalue weighted by atomic mass is 35.5. The molecule has 19 heavy (non-hydrogen) atoms. The van der Waals surface area contributed by atoms with Crippen molar-refractivity contribution in [3.8, 4) is 0 Å². The smallest absolute Gasteiger partial charge is 0.0501 e. The van der Waals surface area contributed by atoms with Gasteiger partial charge in [-0.1, -0.05) is 30.7 Å². The van der Waals surface area contributed by atoms with Crippen LogP contribution in [-0.2, 0) is 0 Å². The molecule has 1 aromatic rings. The van der Waals surface area contributed by atoms with Crippen LogP contribution in [0.1, 0.15) is 44.7 Å². The molecule has 106 valence electrons. The molecule has 0 saturated carbocycles. The summed E-state index contributed by atoms with van der Waals surface area (Å²) in [6.07, 6.45) is 3.79. The molecular formula is C16H25ClN2. The third kappa shape index (κ3) is 2.96. The highest BCUT2D eigenvalue weighted by molar-refractivity contribution is 6.30. The second-order valence-corrected chi connectivity index (χ2v) is 6.11. The summed E-state index contributed by atoms with van der Waals surface area (Å²) < 4.78 is 0. The van der Waals surface area contributed by atoms with Gasteiger partial charge in [-0.3, -0.25) is 4.90 Å². The summed E-state index contributed by atoms with van der Waals surface area (Å²) in [4.78, 5) is 2.64. The molecule has 1 aromatic carbocycles. The fourth-order valence-corrected chi connectivity index (χ4v) is 3.46. The number of benzene rings is 1. The van der Waals surface area contributed by atoms with E-state index in [0.29, 0.717) is 6.04 Å². The standard InChI is InChI=1S/C16H25ClN2/c1-4-16(2,19-11-5-6-12-19)15(18-3)13-7-9-14(17)10-8-13/h7-10,15,18H,4-6,11-12H2,1-3H3. The molecule has 0 radical (unpaired) electrons. The molecule has 0 amide bonds. The lowest BCUT2D eigenvalue weighted by atomic mass is 9.83. The van der Waals surface area contributed by atoms with Crippen LogP contribution >= 0.6 is 11.6 Å². The van der Waals surface area contributed by atoms with Crippen LogP contribution in [0.4, 0.5) is 0 Å². The van der Waals surface area contributed by atoms with Crippen molar-refractivity contribution in [1.29, 1.82) is 0 Å². The topological polar surface area (TPSA) is 15.3 Å². The third-order valence-corrected chi connectivity index (χ3v) is 4.91. The minimum Gasteiger partial charge on any atom is -0.311 e. The first-order valence-corrected chi connectivity index (χ1v) is 7.67. The number of hydrogen-bond acceptors (Lipinski definition) is 2. The fraction of sp³-hybridized carbons (Fsp3) is 0.625. The predicted molar refractivity (Wildman–Crippen MR) is 82.8 cm³/mol. The zero-order chi connectivity index (χ0) is 13.9. The minimum atomic E-state index is 0.166. The van der Waals surface area contributed by atoms with Crippen molar-refractivity contribution in [2.24, 2.45) is 0 Å². The van der Waals surface area contributed by atoms with Gasteiger partial charge in [0, 0.05) is 10.6 Å². The molecule has 2 nitrogen and oxygen atoms in total. The van der Waals surface area contributed by atoms with Crippen molar-refractivity contribution in [1.82, 2.24) is 10.2 Å². The first-order chi connectivity index (χ1) is 9.11. The minimum absolute atomic E-state index is 0.166. The molecule has 1 saturated heterocycles. The summed E-state index contributed by atoms with van der Waals surface area (Å²) >= 11 is 6.00. The quantitative estimate of drug-likeness (QED) is 0.881. The summed E-state index contributed by atoms with van der Waals surface area (Å²) in [5.41, 5.74) is 1.49. The molecule has 1 N–H and O–H groups in total. The van der Waals surface area contributed by atoms with Gasteiger partial charge in [-0.25, -0.2) is 0 Å². The first kappa shape index (κ1) is 14.8. The van der Waals surface area contributed by atoms with E-state index in [1.165, 1.54) is 31.5 Å². The number of hydrogen-bond donors (Lipinski definition) is 1. The van der Waals surface area contributed by atoms with Gasteiger partial charge in [-0.15, -0.1) is 0 Å². The van der Waals surface area contributed by atoms with Crippen molar-refractivity contribution < 1.29 is 0 Å². The van der Waals surface area contributed by atoms with Crippen LogP contribution < -0.4 is 5.32 Å². The predicted octanol–water partition coefficient (Wildman–Crippen LogP) is 3.87. The largest absolute Gasteiger partial charge is 0.311 e. The Labute approximate surface area is 122 Å². The van der Waals surface area contributed by atoms with Crippen molar-refractivity contribution in [2.45, 2.75) is 44.7 Å². The first-order valence-electron chi connectivity index (χ1n) is 7.29. The van der Waals surface area contributed by atoms with Gasteiger partial charge in [0.1, 0.15) is 0 Å². The van der Waals surface area contributed by atoms with Gasteiger partial charge in [0.15, 0.2) is 0 Å². The van der Waals surface area contributed by atoms with Crippen LogP contribution in [0, 0.1) is 0 Å². The van der Waals surface area contributed by atoms with E-state index >= 15 is 0 Å². The lowest BCUT2D eigenvalue weighted by molar-refractivity contribution is 0.0873. The van der Waals surface area contributed by atoms with E-state index in [4.69, 9.17) is 11.6 Å².